The van der Waals surface area contributed by atoms with Crippen molar-refractivity contribution in [2.75, 3.05) is 17.7 Å². The van der Waals surface area contributed by atoms with Crippen LogP contribution in [0.2, 0.25) is 0 Å². The summed E-state index contributed by atoms with van der Waals surface area (Å²) < 4.78 is 19.4. The highest BCUT2D eigenvalue weighted by molar-refractivity contribution is 6.06. The SMILES string of the molecule is COc1cnccc1C(=O)Nc1cc2c(cc1F)NC(=O)C(C)(C)C2. The van der Waals surface area contributed by atoms with Crippen molar-refractivity contribution in [2.24, 2.45) is 5.41 Å². The quantitative estimate of drug-likeness (QED) is 0.898. The molecule has 0 spiro atoms. The lowest BCUT2D eigenvalue weighted by molar-refractivity contribution is -0.124. The van der Waals surface area contributed by atoms with Crippen molar-refractivity contribution in [3.63, 3.8) is 0 Å². The lowest BCUT2D eigenvalue weighted by Crippen LogP contribution is -2.37. The number of anilines is 2. The molecule has 7 heteroatoms. The summed E-state index contributed by atoms with van der Waals surface area (Å²) in [7, 11) is 1.43. The number of nitrogens with one attached hydrogen (secondary N) is 2. The zero-order chi connectivity index (χ0) is 18.2. The number of amides is 2. The Kier molecular flexibility index (Phi) is 4.16. The van der Waals surface area contributed by atoms with Crippen LogP contribution < -0.4 is 15.4 Å². The van der Waals surface area contributed by atoms with E-state index in [1.165, 1.54) is 31.6 Å². The number of carbonyl (C=O) groups is 2. The molecule has 1 aromatic heterocycles. The molecule has 0 radical (unpaired) electrons. The molecule has 2 amide bonds. The number of hydrogen-bond acceptors (Lipinski definition) is 4. The van der Waals surface area contributed by atoms with Crippen LogP contribution in [0.25, 0.3) is 0 Å². The van der Waals surface area contributed by atoms with Gasteiger partial charge in [-0.05, 0) is 30.2 Å². The van der Waals surface area contributed by atoms with Crippen LogP contribution in [0.15, 0.2) is 30.6 Å². The van der Waals surface area contributed by atoms with Gasteiger partial charge in [0.15, 0.2) is 0 Å². The van der Waals surface area contributed by atoms with Crippen molar-refractivity contribution in [3.8, 4) is 5.75 Å². The van der Waals surface area contributed by atoms with Crippen molar-refractivity contribution in [1.82, 2.24) is 4.98 Å². The van der Waals surface area contributed by atoms with E-state index in [1.54, 1.807) is 6.07 Å². The van der Waals surface area contributed by atoms with Crippen molar-refractivity contribution >= 4 is 23.2 Å². The number of fused-ring (bicyclic) bond motifs is 1. The van der Waals surface area contributed by atoms with Crippen LogP contribution in [-0.4, -0.2) is 23.9 Å². The van der Waals surface area contributed by atoms with Gasteiger partial charge in [0.2, 0.25) is 5.91 Å². The predicted molar refractivity (Wildman–Crippen MR) is 91.3 cm³/mol. The first-order valence-electron chi connectivity index (χ1n) is 7.75. The highest BCUT2D eigenvalue weighted by atomic mass is 19.1. The molecule has 3 rings (SSSR count). The molecule has 25 heavy (non-hydrogen) atoms. The van der Waals surface area contributed by atoms with E-state index < -0.39 is 17.1 Å². The van der Waals surface area contributed by atoms with Crippen molar-refractivity contribution < 1.29 is 18.7 Å². The molecule has 0 unspecified atom stereocenters. The third-order valence-electron chi connectivity index (χ3n) is 4.19. The summed E-state index contributed by atoms with van der Waals surface area (Å²) in [5, 5.41) is 5.26. The highest BCUT2D eigenvalue weighted by Crippen LogP contribution is 2.36. The Bertz CT molecular complexity index is 865. The number of aromatic nitrogens is 1. The van der Waals surface area contributed by atoms with E-state index in [2.05, 4.69) is 15.6 Å². The number of pyridine rings is 1. The topological polar surface area (TPSA) is 80.3 Å². The largest absolute Gasteiger partial charge is 0.494 e. The smallest absolute Gasteiger partial charge is 0.259 e. The molecule has 2 N–H and O–H groups in total. The zero-order valence-corrected chi connectivity index (χ0v) is 14.1. The summed E-state index contributed by atoms with van der Waals surface area (Å²) in [6.07, 6.45) is 3.32. The number of methoxy groups -OCH3 is 1. The van der Waals surface area contributed by atoms with Gasteiger partial charge < -0.3 is 15.4 Å². The number of ether oxygens (including phenoxy) is 1. The molecular formula is C18H18FN3O3. The first-order valence-corrected chi connectivity index (χ1v) is 7.75. The molecule has 0 saturated heterocycles. The fourth-order valence-electron chi connectivity index (χ4n) is 2.74. The third kappa shape index (κ3) is 3.17. The van der Waals surface area contributed by atoms with Crippen LogP contribution in [0, 0.1) is 11.2 Å². The highest BCUT2D eigenvalue weighted by Gasteiger charge is 2.34. The van der Waals surface area contributed by atoms with Crippen molar-refractivity contribution in [1.29, 1.82) is 0 Å². The van der Waals surface area contributed by atoms with Gasteiger partial charge in [-0.1, -0.05) is 13.8 Å². The van der Waals surface area contributed by atoms with E-state index in [1.807, 2.05) is 13.8 Å². The molecule has 0 bridgehead atoms. The number of benzene rings is 1. The second-order valence-corrected chi connectivity index (χ2v) is 6.53. The number of halogens is 1. The molecule has 1 aliphatic rings. The van der Waals surface area contributed by atoms with Gasteiger partial charge in [0.25, 0.3) is 5.91 Å². The van der Waals surface area contributed by atoms with Crippen LogP contribution in [0.3, 0.4) is 0 Å². The molecule has 6 nitrogen and oxygen atoms in total. The van der Waals surface area contributed by atoms with E-state index in [0.717, 1.165) is 5.56 Å². The summed E-state index contributed by atoms with van der Waals surface area (Å²) in [5.41, 5.74) is 0.905. The minimum atomic E-state index is -0.625. The second-order valence-electron chi connectivity index (χ2n) is 6.53. The summed E-state index contributed by atoms with van der Waals surface area (Å²) >= 11 is 0. The number of rotatable bonds is 3. The van der Waals surface area contributed by atoms with Crippen LogP contribution >= 0.6 is 0 Å². The maximum absolute atomic E-state index is 14.3. The van der Waals surface area contributed by atoms with E-state index in [9.17, 15) is 14.0 Å². The Morgan fingerprint density at radius 2 is 2.16 bits per heavy atom. The Morgan fingerprint density at radius 3 is 2.88 bits per heavy atom. The minimum Gasteiger partial charge on any atom is -0.494 e. The summed E-state index contributed by atoms with van der Waals surface area (Å²) in [6.45, 7) is 3.63. The summed E-state index contributed by atoms with van der Waals surface area (Å²) in [6, 6.07) is 4.27. The summed E-state index contributed by atoms with van der Waals surface area (Å²) in [5.74, 6) is -0.984. The fourth-order valence-corrected chi connectivity index (χ4v) is 2.74. The Balaban J connectivity index is 1.91. The van der Waals surface area contributed by atoms with Gasteiger partial charge in [0, 0.05) is 17.3 Å². The first kappa shape index (κ1) is 16.9. The fraction of sp³-hybridized carbons (Fsp3) is 0.278. The van der Waals surface area contributed by atoms with Gasteiger partial charge in [0.05, 0.1) is 24.6 Å². The van der Waals surface area contributed by atoms with E-state index in [4.69, 9.17) is 4.74 Å². The van der Waals surface area contributed by atoms with E-state index in [-0.39, 0.29) is 17.2 Å². The molecule has 1 aliphatic heterocycles. The van der Waals surface area contributed by atoms with Gasteiger partial charge in [-0.25, -0.2) is 4.39 Å². The van der Waals surface area contributed by atoms with E-state index >= 15 is 0 Å². The zero-order valence-electron chi connectivity index (χ0n) is 14.1. The summed E-state index contributed by atoms with van der Waals surface area (Å²) in [4.78, 5) is 28.3. The van der Waals surface area contributed by atoms with Gasteiger partial charge >= 0.3 is 0 Å². The Morgan fingerprint density at radius 1 is 1.40 bits per heavy atom. The molecular weight excluding hydrogens is 325 g/mol. The van der Waals surface area contributed by atoms with Crippen molar-refractivity contribution in [2.45, 2.75) is 20.3 Å². The van der Waals surface area contributed by atoms with Crippen molar-refractivity contribution in [3.05, 3.63) is 47.5 Å². The number of nitrogens with zero attached hydrogens (tertiary/aromatic N) is 1. The predicted octanol–water partition coefficient (Wildman–Crippen LogP) is 3.00. The maximum atomic E-state index is 14.3. The average Bonchev–Trinajstić information content (AvgIpc) is 2.57. The molecule has 2 heterocycles. The van der Waals surface area contributed by atoms with Crippen LogP contribution in [0.1, 0.15) is 29.8 Å². The Hall–Kier alpha value is -2.96. The standard InChI is InChI=1S/C18H18FN3O3/c1-18(2)8-10-6-14(12(19)7-13(10)22-17(18)24)21-16(23)11-4-5-20-9-15(11)25-3/h4-7,9H,8H2,1-3H3,(H,21,23)(H,22,24). The molecule has 2 aromatic rings. The molecule has 0 aliphatic carbocycles. The Labute approximate surface area is 144 Å². The lowest BCUT2D eigenvalue weighted by atomic mass is 9.81. The normalized spacial score (nSPS) is 15.1. The molecule has 0 fully saturated rings. The monoisotopic (exact) mass is 343 g/mol. The number of carbonyl (C=O) groups excluding carboxylic acids is 2. The maximum Gasteiger partial charge on any atom is 0.259 e. The minimum absolute atomic E-state index is 0.0505. The van der Waals surface area contributed by atoms with Gasteiger partial charge in [-0.15, -0.1) is 0 Å². The van der Waals surface area contributed by atoms with Crippen LogP contribution in [0.4, 0.5) is 15.8 Å². The molecule has 0 saturated carbocycles. The molecule has 0 atom stereocenters. The van der Waals surface area contributed by atoms with E-state index in [0.29, 0.717) is 17.9 Å². The van der Waals surface area contributed by atoms with Gasteiger partial charge in [-0.3, -0.25) is 14.6 Å². The average molecular weight is 343 g/mol. The lowest BCUT2D eigenvalue weighted by Gasteiger charge is -2.30. The second kappa shape index (κ2) is 6.16. The first-order chi connectivity index (χ1) is 11.8. The van der Waals surface area contributed by atoms with Gasteiger partial charge in [0.1, 0.15) is 11.6 Å². The third-order valence-corrected chi connectivity index (χ3v) is 4.19. The van der Waals surface area contributed by atoms with Gasteiger partial charge in [-0.2, -0.15) is 0 Å². The van der Waals surface area contributed by atoms with Crippen LogP contribution in [0.5, 0.6) is 5.75 Å². The molecule has 130 valence electrons. The van der Waals surface area contributed by atoms with Crippen LogP contribution in [-0.2, 0) is 11.2 Å². The molecule has 1 aromatic carbocycles. The number of hydrogen-bond donors (Lipinski definition) is 2.